The number of hydrogen-bond acceptors (Lipinski definition) is 7. The Hall–Kier alpha value is -2.98. The summed E-state index contributed by atoms with van der Waals surface area (Å²) < 4.78 is 10.1. The average molecular weight is 463 g/mol. The zero-order valence-corrected chi connectivity index (χ0v) is 19.4. The first-order valence-electron chi connectivity index (χ1n) is 11.3. The van der Waals surface area contributed by atoms with Crippen LogP contribution in [0.2, 0.25) is 0 Å². The van der Waals surface area contributed by atoms with Crippen LogP contribution in [0.15, 0.2) is 24.3 Å². The minimum absolute atomic E-state index is 0.0396. The molecule has 1 fully saturated rings. The van der Waals surface area contributed by atoms with Crippen molar-refractivity contribution in [1.29, 1.82) is 0 Å². The second kappa shape index (κ2) is 14.2. The van der Waals surface area contributed by atoms with Gasteiger partial charge in [0, 0.05) is 44.6 Å². The summed E-state index contributed by atoms with van der Waals surface area (Å²) in [5, 5.41) is 8.30. The van der Waals surface area contributed by atoms with Gasteiger partial charge in [-0.1, -0.05) is 13.3 Å². The zero-order chi connectivity index (χ0) is 24.1. The Kier molecular flexibility index (Phi) is 11.3. The van der Waals surface area contributed by atoms with E-state index in [1.807, 2.05) is 6.92 Å². The monoisotopic (exact) mass is 462 g/mol. The van der Waals surface area contributed by atoms with Gasteiger partial charge in [-0.25, -0.2) is 0 Å². The number of nitrogens with one attached hydrogen (secondary N) is 3. The van der Waals surface area contributed by atoms with Gasteiger partial charge in [0.25, 0.3) is 5.91 Å². The van der Waals surface area contributed by atoms with Gasteiger partial charge >= 0.3 is 5.97 Å². The molecule has 1 atom stereocenters. The van der Waals surface area contributed by atoms with E-state index in [-0.39, 0.29) is 30.7 Å². The van der Waals surface area contributed by atoms with Crippen molar-refractivity contribution in [3.8, 4) is 0 Å². The molecule has 1 aromatic rings. The van der Waals surface area contributed by atoms with Crippen molar-refractivity contribution in [3.05, 3.63) is 29.8 Å². The fourth-order valence-corrected chi connectivity index (χ4v) is 3.33. The topological polar surface area (TPSA) is 126 Å². The Labute approximate surface area is 194 Å². The van der Waals surface area contributed by atoms with Crippen molar-refractivity contribution in [2.24, 2.45) is 0 Å². The van der Waals surface area contributed by atoms with Crippen LogP contribution in [0.4, 0.5) is 5.69 Å². The van der Waals surface area contributed by atoms with Crippen molar-refractivity contribution in [2.75, 3.05) is 51.8 Å². The molecule has 10 nitrogen and oxygen atoms in total. The summed E-state index contributed by atoms with van der Waals surface area (Å²) in [6.45, 7) is 4.23. The number of unbranched alkanes of at least 4 members (excludes halogenated alkanes) is 1. The van der Waals surface area contributed by atoms with E-state index in [1.54, 1.807) is 36.3 Å². The van der Waals surface area contributed by atoms with Crippen molar-refractivity contribution in [1.82, 2.24) is 15.5 Å². The van der Waals surface area contributed by atoms with Crippen molar-refractivity contribution < 1.29 is 28.7 Å². The highest BCUT2D eigenvalue weighted by atomic mass is 16.5. The average Bonchev–Trinajstić information content (AvgIpc) is 2.79. The van der Waals surface area contributed by atoms with E-state index < -0.39 is 12.0 Å². The standard InChI is InChI=1S/C23H34N4O6/c1-3-4-14-33-21(29)15-19-23(31)25-11-12-27(19)16-20(28)26-18-8-6-17(7-9-18)22(30)24-10-5-13-32-2/h6-9,19H,3-5,10-16H2,1-2H3,(H,24,30)(H,25,31)(H,26,28). The molecule has 10 heteroatoms. The lowest BCUT2D eigenvalue weighted by Gasteiger charge is -2.33. The van der Waals surface area contributed by atoms with Crippen LogP contribution in [0.25, 0.3) is 0 Å². The molecule has 0 spiro atoms. The van der Waals surface area contributed by atoms with Crippen LogP contribution in [0.1, 0.15) is 43.0 Å². The van der Waals surface area contributed by atoms with Crippen molar-refractivity contribution in [3.63, 3.8) is 0 Å². The highest BCUT2D eigenvalue weighted by Crippen LogP contribution is 2.13. The molecule has 1 aliphatic heterocycles. The normalized spacial score (nSPS) is 16.1. The number of benzene rings is 1. The van der Waals surface area contributed by atoms with Gasteiger partial charge < -0.3 is 25.4 Å². The predicted molar refractivity (Wildman–Crippen MR) is 123 cm³/mol. The second-order valence-electron chi connectivity index (χ2n) is 7.78. The number of hydrogen-bond donors (Lipinski definition) is 3. The highest BCUT2D eigenvalue weighted by Gasteiger charge is 2.33. The first-order valence-corrected chi connectivity index (χ1v) is 11.3. The molecular weight excluding hydrogens is 428 g/mol. The summed E-state index contributed by atoms with van der Waals surface area (Å²) in [6.07, 6.45) is 2.30. The van der Waals surface area contributed by atoms with E-state index in [4.69, 9.17) is 9.47 Å². The Morgan fingerprint density at radius 2 is 1.91 bits per heavy atom. The van der Waals surface area contributed by atoms with Crippen molar-refractivity contribution in [2.45, 2.75) is 38.6 Å². The molecule has 33 heavy (non-hydrogen) atoms. The van der Waals surface area contributed by atoms with Gasteiger partial charge in [0.15, 0.2) is 0 Å². The van der Waals surface area contributed by atoms with Gasteiger partial charge in [-0.15, -0.1) is 0 Å². The number of ether oxygens (including phenoxy) is 2. The SMILES string of the molecule is CCCCOC(=O)CC1C(=O)NCCN1CC(=O)Nc1ccc(C(=O)NCCCOC)cc1. The third-order valence-corrected chi connectivity index (χ3v) is 5.15. The first kappa shape index (κ1) is 26.3. The number of nitrogens with zero attached hydrogens (tertiary/aromatic N) is 1. The smallest absolute Gasteiger partial charge is 0.307 e. The van der Waals surface area contributed by atoms with Crippen LogP contribution < -0.4 is 16.0 Å². The molecule has 1 aromatic carbocycles. The molecule has 1 aliphatic rings. The number of amides is 3. The number of carbonyl (C=O) groups is 4. The molecule has 0 aromatic heterocycles. The fourth-order valence-electron chi connectivity index (χ4n) is 3.33. The molecule has 0 radical (unpaired) electrons. The maximum Gasteiger partial charge on any atom is 0.307 e. The first-order chi connectivity index (χ1) is 15.9. The minimum Gasteiger partial charge on any atom is -0.466 e. The lowest BCUT2D eigenvalue weighted by atomic mass is 10.1. The molecule has 3 amide bonds. The predicted octanol–water partition coefficient (Wildman–Crippen LogP) is 0.925. The van der Waals surface area contributed by atoms with Crippen LogP contribution in [0.5, 0.6) is 0 Å². The molecule has 2 rings (SSSR count). The fraction of sp³-hybridized carbons (Fsp3) is 0.565. The number of methoxy groups -OCH3 is 1. The third-order valence-electron chi connectivity index (χ3n) is 5.15. The number of anilines is 1. The Bertz CT molecular complexity index is 799. The number of carbonyl (C=O) groups excluding carboxylic acids is 4. The lowest BCUT2D eigenvalue weighted by Crippen LogP contribution is -2.57. The van der Waals surface area contributed by atoms with E-state index in [9.17, 15) is 19.2 Å². The van der Waals surface area contributed by atoms with Gasteiger partial charge in [-0.05, 0) is 37.1 Å². The third kappa shape index (κ3) is 9.19. The quantitative estimate of drug-likeness (QED) is 0.294. The molecule has 0 bridgehead atoms. The van der Waals surface area contributed by atoms with Crippen molar-refractivity contribution >= 4 is 29.4 Å². The molecule has 1 unspecified atom stereocenters. The molecule has 182 valence electrons. The van der Waals surface area contributed by atoms with Crippen LogP contribution in [0, 0.1) is 0 Å². The van der Waals surface area contributed by atoms with Crippen LogP contribution >= 0.6 is 0 Å². The summed E-state index contributed by atoms with van der Waals surface area (Å²) >= 11 is 0. The van der Waals surface area contributed by atoms with E-state index in [2.05, 4.69) is 16.0 Å². The Balaban J connectivity index is 1.86. The van der Waals surface area contributed by atoms with E-state index in [0.717, 1.165) is 19.3 Å². The van der Waals surface area contributed by atoms with Gasteiger partial charge in [-0.3, -0.25) is 24.1 Å². The maximum atomic E-state index is 12.6. The minimum atomic E-state index is -0.747. The summed E-state index contributed by atoms with van der Waals surface area (Å²) in [5.74, 6) is -1.25. The molecular formula is C23H34N4O6. The highest BCUT2D eigenvalue weighted by molar-refractivity contribution is 5.96. The van der Waals surface area contributed by atoms with Gasteiger partial charge in [-0.2, -0.15) is 0 Å². The number of esters is 1. The molecule has 1 saturated heterocycles. The van der Waals surface area contributed by atoms with Crippen LogP contribution in [0.3, 0.4) is 0 Å². The molecule has 0 saturated carbocycles. The lowest BCUT2D eigenvalue weighted by molar-refractivity contribution is -0.149. The van der Waals surface area contributed by atoms with E-state index >= 15 is 0 Å². The molecule has 0 aliphatic carbocycles. The largest absolute Gasteiger partial charge is 0.466 e. The summed E-state index contributed by atoms with van der Waals surface area (Å²) in [7, 11) is 1.61. The van der Waals surface area contributed by atoms with Gasteiger partial charge in [0.2, 0.25) is 11.8 Å². The second-order valence-corrected chi connectivity index (χ2v) is 7.78. The van der Waals surface area contributed by atoms with Crippen LogP contribution in [-0.4, -0.2) is 81.1 Å². The molecule has 3 N–H and O–H groups in total. The summed E-state index contributed by atoms with van der Waals surface area (Å²) in [6, 6.07) is 5.80. The Morgan fingerprint density at radius 3 is 2.61 bits per heavy atom. The Morgan fingerprint density at radius 1 is 1.15 bits per heavy atom. The summed E-state index contributed by atoms with van der Waals surface area (Å²) in [5.41, 5.74) is 1.02. The van der Waals surface area contributed by atoms with E-state index in [1.165, 1.54) is 0 Å². The number of rotatable bonds is 13. The van der Waals surface area contributed by atoms with Gasteiger partial charge in [0.05, 0.1) is 19.6 Å². The maximum absolute atomic E-state index is 12.6. The van der Waals surface area contributed by atoms with Gasteiger partial charge in [0.1, 0.15) is 6.04 Å². The zero-order valence-electron chi connectivity index (χ0n) is 19.4. The molecule has 1 heterocycles. The van der Waals surface area contributed by atoms with Crippen LogP contribution in [-0.2, 0) is 23.9 Å². The summed E-state index contributed by atoms with van der Waals surface area (Å²) in [4.78, 5) is 50.7. The van der Waals surface area contributed by atoms with E-state index in [0.29, 0.717) is 44.1 Å². The number of piperazine rings is 1.